The van der Waals surface area contributed by atoms with E-state index in [1.807, 2.05) is 0 Å². The maximum absolute atomic E-state index is 13.3. The highest BCUT2D eigenvalue weighted by Gasteiger charge is 2.75. The number of aliphatic hydroxyl groups is 2. The highest BCUT2D eigenvalue weighted by Crippen LogP contribution is 2.71. The summed E-state index contributed by atoms with van der Waals surface area (Å²) in [6, 6.07) is 0. The Morgan fingerprint density at radius 1 is 1.15 bits per heavy atom. The zero-order chi connectivity index (χ0) is 19.9. The van der Waals surface area contributed by atoms with Gasteiger partial charge < -0.3 is 14.9 Å². The molecule has 4 aliphatic rings. The summed E-state index contributed by atoms with van der Waals surface area (Å²) in [5.41, 5.74) is -1.23. The van der Waals surface area contributed by atoms with Crippen molar-refractivity contribution in [2.45, 2.75) is 78.1 Å². The van der Waals surface area contributed by atoms with Crippen molar-refractivity contribution < 1.29 is 24.5 Å². The van der Waals surface area contributed by atoms with Crippen molar-refractivity contribution in [3.63, 3.8) is 0 Å². The van der Waals surface area contributed by atoms with E-state index in [2.05, 4.69) is 27.4 Å². The predicted octanol–water partition coefficient (Wildman–Crippen LogP) is 2.64. The Bertz CT molecular complexity index is 711. The number of rotatable bonds is 1. The Morgan fingerprint density at radius 3 is 2.44 bits per heavy atom. The molecule has 0 aromatic rings. The van der Waals surface area contributed by atoms with Gasteiger partial charge in [0, 0.05) is 18.3 Å². The summed E-state index contributed by atoms with van der Waals surface area (Å²) >= 11 is 0. The molecule has 0 radical (unpaired) electrons. The smallest absolute Gasteiger partial charge is 0.302 e. The van der Waals surface area contributed by atoms with Gasteiger partial charge in [-0.2, -0.15) is 0 Å². The molecular weight excluding hydrogens is 344 g/mol. The minimum atomic E-state index is -1.20. The van der Waals surface area contributed by atoms with Crippen LogP contribution in [0.1, 0.15) is 59.8 Å². The Labute approximate surface area is 161 Å². The van der Waals surface area contributed by atoms with Gasteiger partial charge in [-0.15, -0.1) is 0 Å². The first-order chi connectivity index (χ1) is 12.5. The fraction of sp³-hybridized carbons (Fsp3) is 0.818. The van der Waals surface area contributed by atoms with Crippen LogP contribution in [0.25, 0.3) is 0 Å². The van der Waals surface area contributed by atoms with Gasteiger partial charge in [0.25, 0.3) is 0 Å². The van der Waals surface area contributed by atoms with E-state index >= 15 is 0 Å². The fourth-order valence-corrected chi connectivity index (χ4v) is 7.69. The number of hydrogen-bond donors (Lipinski definition) is 2. The van der Waals surface area contributed by atoms with Crippen LogP contribution in [0.2, 0.25) is 0 Å². The maximum atomic E-state index is 13.3. The van der Waals surface area contributed by atoms with Crippen LogP contribution in [0.4, 0.5) is 0 Å². The number of esters is 1. The number of carbonyl (C=O) groups excluding carboxylic acids is 2. The van der Waals surface area contributed by atoms with Crippen LogP contribution in [0.5, 0.6) is 0 Å². The second kappa shape index (κ2) is 5.66. The minimum absolute atomic E-state index is 0.0333. The van der Waals surface area contributed by atoms with Crippen LogP contribution in [0.3, 0.4) is 0 Å². The first kappa shape index (κ1) is 19.1. The summed E-state index contributed by atoms with van der Waals surface area (Å²) in [6.07, 6.45) is 1.45. The SMILES string of the molecule is C=C1C(=O)[C@]23C(O)[C@H]1CC[C@H]2[C@@]1(C)[C@H](C[C@H]3O)C(C)(C)CC[C@H]1OC(C)=O. The molecule has 2 bridgehead atoms. The van der Waals surface area contributed by atoms with Crippen molar-refractivity contribution in [1.29, 1.82) is 0 Å². The van der Waals surface area contributed by atoms with Crippen molar-refractivity contribution in [1.82, 2.24) is 0 Å². The minimum Gasteiger partial charge on any atom is -0.462 e. The normalized spacial score (nSPS) is 50.7. The van der Waals surface area contributed by atoms with Crippen LogP contribution in [-0.2, 0) is 14.3 Å². The number of Topliss-reactive ketones (excluding diaryl/α,β-unsaturated/α-hetero) is 1. The van der Waals surface area contributed by atoms with E-state index in [1.165, 1.54) is 6.92 Å². The third-order valence-electron chi connectivity index (χ3n) is 8.85. The lowest BCUT2D eigenvalue weighted by Crippen LogP contribution is -2.70. The second-order valence-corrected chi connectivity index (χ2v) is 10.3. The number of carbonyl (C=O) groups is 2. The van der Waals surface area contributed by atoms with Crippen molar-refractivity contribution in [2.75, 3.05) is 0 Å². The molecule has 0 saturated heterocycles. The largest absolute Gasteiger partial charge is 0.462 e. The molecule has 0 aliphatic heterocycles. The maximum Gasteiger partial charge on any atom is 0.302 e. The van der Waals surface area contributed by atoms with Crippen molar-refractivity contribution >= 4 is 11.8 Å². The molecular formula is C22H32O5. The summed E-state index contributed by atoms with van der Waals surface area (Å²) in [6.45, 7) is 11.9. The monoisotopic (exact) mass is 376 g/mol. The third kappa shape index (κ3) is 2.13. The molecule has 8 atom stereocenters. The lowest BCUT2D eigenvalue weighted by Gasteiger charge is -2.66. The van der Waals surface area contributed by atoms with Gasteiger partial charge in [0.1, 0.15) is 6.10 Å². The summed E-state index contributed by atoms with van der Waals surface area (Å²) < 4.78 is 5.81. The highest BCUT2D eigenvalue weighted by atomic mass is 16.5. The summed E-state index contributed by atoms with van der Waals surface area (Å²) in [5.74, 6) is -0.844. The lowest BCUT2D eigenvalue weighted by molar-refractivity contribution is -0.255. The number of aliphatic hydroxyl groups excluding tert-OH is 2. The van der Waals surface area contributed by atoms with Gasteiger partial charge in [0.2, 0.25) is 0 Å². The first-order valence-corrected chi connectivity index (χ1v) is 10.3. The van der Waals surface area contributed by atoms with Crippen molar-refractivity contribution in [2.24, 2.45) is 34.0 Å². The number of hydrogen-bond acceptors (Lipinski definition) is 5. The average molecular weight is 376 g/mol. The molecule has 4 fully saturated rings. The van der Waals surface area contributed by atoms with E-state index in [-0.39, 0.29) is 41.0 Å². The molecule has 4 rings (SSSR count). The molecule has 0 heterocycles. The van der Waals surface area contributed by atoms with Crippen molar-refractivity contribution in [3.8, 4) is 0 Å². The standard InChI is InChI=1S/C22H32O5/c1-11-13-6-7-14-21(5)15(10-16(24)22(14,18(11)25)19(13)26)20(3,4)9-8-17(21)27-12(2)23/h13-17,19,24,26H,1,6-10H2,2-5H3/t13-,14-,15+,16+,17+,19?,21-,22-/m0/s1. The Morgan fingerprint density at radius 2 is 1.81 bits per heavy atom. The topological polar surface area (TPSA) is 83.8 Å². The summed E-state index contributed by atoms with van der Waals surface area (Å²) in [4.78, 5) is 25.2. The predicted molar refractivity (Wildman–Crippen MR) is 99.6 cm³/mol. The molecule has 0 amide bonds. The lowest BCUT2D eigenvalue weighted by atomic mass is 9.39. The Hall–Kier alpha value is -1.20. The summed E-state index contributed by atoms with van der Waals surface area (Å²) in [7, 11) is 0. The first-order valence-electron chi connectivity index (χ1n) is 10.3. The van der Waals surface area contributed by atoms with Crippen molar-refractivity contribution in [3.05, 3.63) is 12.2 Å². The van der Waals surface area contributed by atoms with Crippen LogP contribution < -0.4 is 0 Å². The van der Waals surface area contributed by atoms with Crippen LogP contribution >= 0.6 is 0 Å². The zero-order valence-electron chi connectivity index (χ0n) is 16.8. The number of ketones is 1. The second-order valence-electron chi connectivity index (χ2n) is 10.3. The van der Waals surface area contributed by atoms with E-state index in [4.69, 9.17) is 4.74 Å². The van der Waals surface area contributed by atoms with Gasteiger partial charge in [-0.25, -0.2) is 0 Å². The molecule has 27 heavy (non-hydrogen) atoms. The molecule has 1 spiro atoms. The molecule has 150 valence electrons. The highest BCUT2D eigenvalue weighted by molar-refractivity contribution is 6.04. The molecule has 2 N–H and O–H groups in total. The summed E-state index contributed by atoms with van der Waals surface area (Å²) in [5, 5.41) is 22.4. The Kier molecular flexibility index (Phi) is 4.01. The van der Waals surface area contributed by atoms with E-state index < -0.39 is 23.0 Å². The Balaban J connectivity index is 1.89. The van der Waals surface area contributed by atoms with Gasteiger partial charge in [0.15, 0.2) is 5.78 Å². The van der Waals surface area contributed by atoms with Gasteiger partial charge in [0.05, 0.1) is 17.6 Å². The third-order valence-corrected chi connectivity index (χ3v) is 8.85. The van der Waals surface area contributed by atoms with Crippen LogP contribution in [0, 0.1) is 34.0 Å². The molecule has 1 unspecified atom stereocenters. The quantitative estimate of drug-likeness (QED) is 0.543. The molecule has 4 saturated carbocycles. The number of ether oxygens (including phenoxy) is 1. The molecule has 0 aromatic carbocycles. The van der Waals surface area contributed by atoms with Gasteiger partial charge in [-0.05, 0) is 54.9 Å². The fourth-order valence-electron chi connectivity index (χ4n) is 7.69. The van der Waals surface area contributed by atoms with Gasteiger partial charge in [-0.3, -0.25) is 9.59 Å². The van der Waals surface area contributed by atoms with E-state index in [9.17, 15) is 19.8 Å². The van der Waals surface area contributed by atoms with Crippen LogP contribution in [-0.4, -0.2) is 40.3 Å². The van der Waals surface area contributed by atoms with E-state index in [0.29, 0.717) is 18.4 Å². The van der Waals surface area contributed by atoms with Gasteiger partial charge in [-0.1, -0.05) is 27.4 Å². The average Bonchev–Trinajstić information content (AvgIpc) is 2.68. The molecule has 5 nitrogen and oxygen atoms in total. The van der Waals surface area contributed by atoms with E-state index in [1.54, 1.807) is 0 Å². The number of fused-ring (bicyclic) bond motifs is 3. The zero-order valence-corrected chi connectivity index (χ0v) is 16.8. The molecule has 4 aliphatic carbocycles. The van der Waals surface area contributed by atoms with Gasteiger partial charge >= 0.3 is 5.97 Å². The van der Waals surface area contributed by atoms with E-state index in [0.717, 1.165) is 19.3 Å². The molecule has 0 aromatic heterocycles. The van der Waals surface area contributed by atoms with Crippen LogP contribution in [0.15, 0.2) is 12.2 Å². The molecule has 5 heteroatoms.